The zero-order chi connectivity index (χ0) is 23.8. The molecule has 0 aliphatic heterocycles. The third-order valence-electron chi connectivity index (χ3n) is 3.56. The average molecular weight is 474 g/mol. The summed E-state index contributed by atoms with van der Waals surface area (Å²) >= 11 is 0. The molecule has 0 aromatic rings. The van der Waals surface area contributed by atoms with Crippen molar-refractivity contribution >= 4 is 0 Å². The Kier molecular flexibility index (Phi) is 5.33. The van der Waals surface area contributed by atoms with Gasteiger partial charge in [-0.2, -0.15) is 70.2 Å². The van der Waals surface area contributed by atoms with E-state index in [0.29, 0.717) is 0 Å². The molecule has 0 nitrogen and oxygen atoms in total. The molecule has 170 valence electrons. The van der Waals surface area contributed by atoms with Gasteiger partial charge in [0.15, 0.2) is 5.83 Å². The van der Waals surface area contributed by atoms with E-state index in [1.165, 1.54) is 0 Å². The van der Waals surface area contributed by atoms with Crippen LogP contribution in [0.15, 0.2) is 23.1 Å². The lowest BCUT2D eigenvalue weighted by Crippen LogP contribution is -2.61. The SMILES string of the molecule is FC(F)=C1C(C(F)(C(F)(F)F)C(F)(F)F)=C(F)C(F)(F)C(F)(F)C(F)(F)C1(F)F. The molecule has 0 atom stereocenters. The molecule has 0 amide bonds. The van der Waals surface area contributed by atoms with E-state index in [1.54, 1.807) is 0 Å². The topological polar surface area (TPSA) is 0 Å². The van der Waals surface area contributed by atoms with Crippen LogP contribution >= 0.6 is 0 Å². The largest absolute Gasteiger partial charge is 0.436 e. The van der Waals surface area contributed by atoms with Gasteiger partial charge in [-0.05, 0) is 0 Å². The molecular formula is C11F18. The maximum absolute atomic E-state index is 13.9. The number of rotatable bonds is 1. The van der Waals surface area contributed by atoms with Gasteiger partial charge in [-0.25, -0.2) is 8.78 Å². The van der Waals surface area contributed by atoms with E-state index in [4.69, 9.17) is 0 Å². The van der Waals surface area contributed by atoms with Gasteiger partial charge in [0.2, 0.25) is 0 Å². The summed E-state index contributed by atoms with van der Waals surface area (Å²) in [6.45, 7) is 0. The van der Waals surface area contributed by atoms with Crippen molar-refractivity contribution in [3.05, 3.63) is 23.1 Å². The molecule has 0 heterocycles. The van der Waals surface area contributed by atoms with Crippen LogP contribution in [0.4, 0.5) is 79.0 Å². The molecule has 1 rings (SSSR count). The Bertz CT molecular complexity index is 725. The molecule has 0 radical (unpaired) electrons. The molecule has 0 aromatic carbocycles. The summed E-state index contributed by atoms with van der Waals surface area (Å²) in [6.07, 6.45) is -20.7. The highest BCUT2D eigenvalue weighted by molar-refractivity contribution is 5.53. The van der Waals surface area contributed by atoms with Crippen LogP contribution in [0.2, 0.25) is 0 Å². The van der Waals surface area contributed by atoms with E-state index in [1.807, 2.05) is 0 Å². The molecular weight excluding hydrogens is 474 g/mol. The fourth-order valence-electron chi connectivity index (χ4n) is 2.09. The van der Waals surface area contributed by atoms with Crippen LogP contribution in [0, 0.1) is 0 Å². The van der Waals surface area contributed by atoms with Crippen LogP contribution in [-0.2, 0) is 0 Å². The van der Waals surface area contributed by atoms with Gasteiger partial charge in [0.1, 0.15) is 5.57 Å². The highest BCUT2D eigenvalue weighted by Crippen LogP contribution is 2.66. The first-order valence-electron chi connectivity index (χ1n) is 6.15. The average Bonchev–Trinajstić information content (AvgIpc) is 2.48. The minimum Gasteiger partial charge on any atom is -0.218 e. The number of allylic oxidation sites excluding steroid dienone is 3. The van der Waals surface area contributed by atoms with Gasteiger partial charge < -0.3 is 0 Å². The lowest BCUT2D eigenvalue weighted by atomic mass is 9.84. The van der Waals surface area contributed by atoms with Crippen molar-refractivity contribution in [3.63, 3.8) is 0 Å². The van der Waals surface area contributed by atoms with E-state index in [0.717, 1.165) is 0 Å². The second-order valence-electron chi connectivity index (χ2n) is 5.28. The van der Waals surface area contributed by atoms with E-state index in [9.17, 15) is 79.0 Å². The minimum atomic E-state index is -7.95. The Hall–Kier alpha value is -1.78. The molecule has 0 bridgehead atoms. The van der Waals surface area contributed by atoms with Gasteiger partial charge in [0.05, 0.1) is 5.57 Å². The number of hydrogen-bond donors (Lipinski definition) is 0. The fourth-order valence-corrected chi connectivity index (χ4v) is 2.09. The van der Waals surface area contributed by atoms with Crippen LogP contribution in [0.1, 0.15) is 0 Å². The maximum atomic E-state index is 13.9. The summed E-state index contributed by atoms with van der Waals surface area (Å²) in [5, 5.41) is 0. The van der Waals surface area contributed by atoms with Crippen molar-refractivity contribution in [2.75, 3.05) is 0 Å². The molecule has 0 saturated carbocycles. The summed E-state index contributed by atoms with van der Waals surface area (Å²) < 4.78 is 235. The molecule has 0 saturated heterocycles. The van der Waals surface area contributed by atoms with Crippen LogP contribution in [0.25, 0.3) is 0 Å². The van der Waals surface area contributed by atoms with E-state index in [-0.39, 0.29) is 0 Å². The van der Waals surface area contributed by atoms with Gasteiger partial charge in [0.25, 0.3) is 6.08 Å². The summed E-state index contributed by atoms with van der Waals surface area (Å²) in [5.41, 5.74) is -18.1. The molecule has 0 spiro atoms. The summed E-state index contributed by atoms with van der Waals surface area (Å²) in [7, 11) is 0. The summed E-state index contributed by atoms with van der Waals surface area (Å²) in [6, 6.07) is 0. The summed E-state index contributed by atoms with van der Waals surface area (Å²) in [4.78, 5) is 0. The smallest absolute Gasteiger partial charge is 0.218 e. The second kappa shape index (κ2) is 6.12. The van der Waals surface area contributed by atoms with Crippen LogP contribution < -0.4 is 0 Å². The van der Waals surface area contributed by atoms with Crippen molar-refractivity contribution in [2.45, 2.75) is 41.7 Å². The van der Waals surface area contributed by atoms with Crippen molar-refractivity contribution in [2.24, 2.45) is 0 Å². The van der Waals surface area contributed by atoms with Gasteiger partial charge in [-0.1, -0.05) is 0 Å². The van der Waals surface area contributed by atoms with Crippen LogP contribution in [0.3, 0.4) is 0 Å². The van der Waals surface area contributed by atoms with Crippen molar-refractivity contribution < 1.29 is 79.0 Å². The molecule has 0 aromatic heterocycles. The molecule has 18 heteroatoms. The van der Waals surface area contributed by atoms with Crippen LogP contribution in [-0.4, -0.2) is 41.7 Å². The van der Waals surface area contributed by atoms with Gasteiger partial charge in [-0.15, -0.1) is 0 Å². The molecule has 1 aliphatic rings. The van der Waals surface area contributed by atoms with Gasteiger partial charge in [-0.3, -0.25) is 0 Å². The zero-order valence-corrected chi connectivity index (χ0v) is 12.3. The first-order valence-corrected chi connectivity index (χ1v) is 6.15. The highest BCUT2D eigenvalue weighted by atomic mass is 19.4. The standard InChI is InChI=1S/C11F18/c12-3-1(5(15,10(24,25)26)11(27,28)29)2(4(13)14)6(16,17)8(20,21)9(22,23)7(3,18)19. The predicted molar refractivity (Wildman–Crippen MR) is 53.1 cm³/mol. The minimum absolute atomic E-state index is 4.90. The zero-order valence-electron chi connectivity index (χ0n) is 12.3. The Balaban J connectivity index is 4.46. The molecule has 0 fully saturated rings. The molecule has 1 aliphatic carbocycles. The third kappa shape index (κ3) is 2.87. The number of alkyl halides is 15. The molecule has 0 N–H and O–H groups in total. The Morgan fingerprint density at radius 1 is 0.586 bits per heavy atom. The van der Waals surface area contributed by atoms with Crippen molar-refractivity contribution in [1.82, 2.24) is 0 Å². The quantitative estimate of drug-likeness (QED) is 0.369. The third-order valence-corrected chi connectivity index (χ3v) is 3.56. The van der Waals surface area contributed by atoms with E-state index >= 15 is 0 Å². The van der Waals surface area contributed by atoms with Crippen molar-refractivity contribution in [1.29, 1.82) is 0 Å². The molecule has 0 unspecified atom stereocenters. The molecule has 29 heavy (non-hydrogen) atoms. The number of hydrogen-bond acceptors (Lipinski definition) is 0. The number of halogens is 18. The van der Waals surface area contributed by atoms with Crippen molar-refractivity contribution in [3.8, 4) is 0 Å². The van der Waals surface area contributed by atoms with E-state index in [2.05, 4.69) is 0 Å². The second-order valence-corrected chi connectivity index (χ2v) is 5.28. The lowest BCUT2D eigenvalue weighted by molar-refractivity contribution is -0.348. The monoisotopic (exact) mass is 474 g/mol. The van der Waals surface area contributed by atoms with E-state index < -0.39 is 64.8 Å². The lowest BCUT2D eigenvalue weighted by Gasteiger charge is -2.35. The first-order chi connectivity index (χ1) is 12.3. The Morgan fingerprint density at radius 2 is 0.897 bits per heavy atom. The Morgan fingerprint density at radius 3 is 1.17 bits per heavy atom. The highest BCUT2D eigenvalue weighted by Gasteiger charge is 2.88. The predicted octanol–water partition coefficient (Wildman–Crippen LogP) is 6.75. The normalized spacial score (nSPS) is 24.4. The van der Waals surface area contributed by atoms with Gasteiger partial charge in [0, 0.05) is 0 Å². The van der Waals surface area contributed by atoms with Gasteiger partial charge >= 0.3 is 41.7 Å². The maximum Gasteiger partial charge on any atom is 0.436 e. The van der Waals surface area contributed by atoms with Crippen LogP contribution in [0.5, 0.6) is 0 Å². The summed E-state index contributed by atoms with van der Waals surface area (Å²) in [5.74, 6) is -36.5. The first kappa shape index (κ1) is 25.3. The fraction of sp³-hybridized carbons (Fsp3) is 0.636. The Labute approximate surface area is 145 Å².